The van der Waals surface area contributed by atoms with Crippen LogP contribution in [0.25, 0.3) is 0 Å². The summed E-state index contributed by atoms with van der Waals surface area (Å²) in [4.78, 5) is 15.4. The molecule has 1 fully saturated rings. The highest BCUT2D eigenvalue weighted by Crippen LogP contribution is 2.07. The summed E-state index contributed by atoms with van der Waals surface area (Å²) in [7, 11) is 0. The summed E-state index contributed by atoms with van der Waals surface area (Å²) in [5.74, 6) is -0.0250. The lowest BCUT2D eigenvalue weighted by Gasteiger charge is -2.09. The molecule has 0 saturated carbocycles. The molecule has 1 atom stereocenters. The lowest BCUT2D eigenvalue weighted by Crippen LogP contribution is -2.27. The quantitative estimate of drug-likeness (QED) is 0.764. The van der Waals surface area contributed by atoms with Crippen molar-refractivity contribution in [1.29, 1.82) is 0 Å². The molecule has 0 radical (unpaired) electrons. The minimum Gasteiger partial charge on any atom is -0.372 e. The van der Waals surface area contributed by atoms with Gasteiger partial charge in [-0.05, 0) is 19.4 Å². The van der Waals surface area contributed by atoms with E-state index in [-0.39, 0.29) is 12.4 Å². The van der Waals surface area contributed by atoms with Crippen molar-refractivity contribution in [2.24, 2.45) is 0 Å². The van der Waals surface area contributed by atoms with Crippen molar-refractivity contribution in [2.75, 3.05) is 19.8 Å². The molecule has 82 valence electrons. The molecule has 1 N–H and O–H groups in total. The number of rotatable bonds is 5. The van der Waals surface area contributed by atoms with Crippen LogP contribution in [-0.2, 0) is 4.74 Å². The second-order valence-corrected chi connectivity index (χ2v) is 4.46. The molecule has 0 amide bonds. The van der Waals surface area contributed by atoms with Gasteiger partial charge in [-0.15, -0.1) is 11.3 Å². The van der Waals surface area contributed by atoms with Crippen molar-refractivity contribution in [2.45, 2.75) is 18.9 Å². The van der Waals surface area contributed by atoms with Crippen LogP contribution in [0.1, 0.15) is 22.6 Å². The third-order valence-electron chi connectivity index (χ3n) is 2.39. The summed E-state index contributed by atoms with van der Waals surface area (Å²) < 4.78 is 5.36. The Labute approximate surface area is 92.7 Å². The molecule has 1 aromatic heterocycles. The number of carbonyl (C=O) groups is 1. The molecule has 1 aliphatic heterocycles. The zero-order chi connectivity index (χ0) is 10.5. The van der Waals surface area contributed by atoms with Crippen LogP contribution in [0.2, 0.25) is 0 Å². The first-order valence-electron chi connectivity index (χ1n) is 5.10. The number of nitrogens with one attached hydrogen (secondary N) is 1. The lowest BCUT2D eigenvalue weighted by atomic mass is 10.2. The van der Waals surface area contributed by atoms with Crippen LogP contribution in [0, 0.1) is 0 Å². The molecule has 0 unspecified atom stereocenters. The van der Waals surface area contributed by atoms with Gasteiger partial charge in [0.05, 0.1) is 6.61 Å². The van der Waals surface area contributed by atoms with Gasteiger partial charge in [0, 0.05) is 17.6 Å². The molecule has 2 heterocycles. The largest absolute Gasteiger partial charge is 0.372 e. The molecule has 0 spiro atoms. The average molecular weight is 226 g/mol. The molecule has 1 aliphatic rings. The second-order valence-electron chi connectivity index (χ2n) is 3.57. The zero-order valence-corrected chi connectivity index (χ0v) is 9.26. The first kappa shape index (κ1) is 10.7. The van der Waals surface area contributed by atoms with Gasteiger partial charge < -0.3 is 10.1 Å². The molecule has 1 aromatic rings. The van der Waals surface area contributed by atoms with Crippen LogP contribution in [-0.4, -0.2) is 36.6 Å². The van der Waals surface area contributed by atoms with E-state index in [0.717, 1.165) is 13.0 Å². The molecular formula is C10H14N2O2S. The minimum absolute atomic E-state index is 0.0250. The van der Waals surface area contributed by atoms with Crippen molar-refractivity contribution in [3.8, 4) is 0 Å². The van der Waals surface area contributed by atoms with E-state index in [1.807, 2.05) is 0 Å². The number of hydrogen-bond acceptors (Lipinski definition) is 5. The van der Waals surface area contributed by atoms with Gasteiger partial charge in [-0.25, -0.2) is 4.98 Å². The lowest BCUT2D eigenvalue weighted by molar-refractivity contribution is 0.0723. The van der Waals surface area contributed by atoms with E-state index in [0.29, 0.717) is 17.7 Å². The Hall–Kier alpha value is -0.780. The fraction of sp³-hybridized carbons (Fsp3) is 0.600. The van der Waals surface area contributed by atoms with Crippen molar-refractivity contribution in [1.82, 2.24) is 10.3 Å². The Kier molecular flexibility index (Phi) is 3.82. The second kappa shape index (κ2) is 5.34. The topological polar surface area (TPSA) is 51.2 Å². The summed E-state index contributed by atoms with van der Waals surface area (Å²) in [6.07, 6.45) is 3.98. The van der Waals surface area contributed by atoms with E-state index in [4.69, 9.17) is 4.74 Å². The predicted molar refractivity (Wildman–Crippen MR) is 58.3 cm³/mol. The summed E-state index contributed by atoms with van der Waals surface area (Å²) in [6, 6.07) is 0.425. The minimum atomic E-state index is -0.0250. The number of ether oxygens (including phenoxy) is 1. The number of carbonyl (C=O) groups excluding carboxylic acids is 1. The molecule has 15 heavy (non-hydrogen) atoms. The van der Waals surface area contributed by atoms with E-state index in [2.05, 4.69) is 10.3 Å². The van der Waals surface area contributed by atoms with Crippen molar-refractivity contribution < 1.29 is 9.53 Å². The van der Waals surface area contributed by atoms with E-state index >= 15 is 0 Å². The summed E-state index contributed by atoms with van der Waals surface area (Å²) >= 11 is 1.36. The van der Waals surface area contributed by atoms with Gasteiger partial charge in [0.2, 0.25) is 5.78 Å². The predicted octanol–water partition coefficient (Wildman–Crippen LogP) is 1.09. The van der Waals surface area contributed by atoms with Crippen LogP contribution in [0.3, 0.4) is 0 Å². The Morgan fingerprint density at radius 2 is 2.67 bits per heavy atom. The van der Waals surface area contributed by atoms with Gasteiger partial charge in [0.25, 0.3) is 0 Å². The molecule has 0 aliphatic carbocycles. The van der Waals surface area contributed by atoms with Gasteiger partial charge >= 0.3 is 0 Å². The fourth-order valence-electron chi connectivity index (χ4n) is 1.62. The Morgan fingerprint density at radius 3 is 3.33 bits per heavy atom. The SMILES string of the molecule is O=C(COC[C@@H]1CCCN1)c1nccs1. The highest BCUT2D eigenvalue weighted by molar-refractivity contribution is 7.11. The molecule has 0 aromatic carbocycles. The van der Waals surface area contributed by atoms with Crippen molar-refractivity contribution >= 4 is 17.1 Å². The van der Waals surface area contributed by atoms with Crippen LogP contribution in [0.15, 0.2) is 11.6 Å². The highest BCUT2D eigenvalue weighted by Gasteiger charge is 2.15. The van der Waals surface area contributed by atoms with Crippen LogP contribution < -0.4 is 5.32 Å². The number of aromatic nitrogens is 1. The van der Waals surface area contributed by atoms with Gasteiger partial charge in [-0.3, -0.25) is 4.79 Å². The maximum atomic E-state index is 11.5. The summed E-state index contributed by atoms with van der Waals surface area (Å²) in [5, 5.41) is 5.65. The van der Waals surface area contributed by atoms with Crippen LogP contribution in [0.4, 0.5) is 0 Å². The fourth-order valence-corrected chi connectivity index (χ4v) is 2.18. The number of nitrogens with zero attached hydrogens (tertiary/aromatic N) is 1. The highest BCUT2D eigenvalue weighted by atomic mass is 32.1. The summed E-state index contributed by atoms with van der Waals surface area (Å²) in [6.45, 7) is 1.83. The first-order chi connectivity index (χ1) is 7.36. The normalized spacial score (nSPS) is 20.7. The maximum Gasteiger partial charge on any atom is 0.216 e. The third-order valence-corrected chi connectivity index (χ3v) is 3.20. The van der Waals surface area contributed by atoms with Crippen LogP contribution >= 0.6 is 11.3 Å². The van der Waals surface area contributed by atoms with Gasteiger partial charge in [0.15, 0.2) is 5.01 Å². The van der Waals surface area contributed by atoms with Gasteiger partial charge in [-0.2, -0.15) is 0 Å². The molecule has 4 nitrogen and oxygen atoms in total. The van der Waals surface area contributed by atoms with Crippen molar-refractivity contribution in [3.05, 3.63) is 16.6 Å². The molecule has 0 bridgehead atoms. The van der Waals surface area contributed by atoms with Gasteiger partial charge in [0.1, 0.15) is 6.61 Å². The molecular weight excluding hydrogens is 212 g/mol. The Morgan fingerprint density at radius 1 is 1.73 bits per heavy atom. The van der Waals surface area contributed by atoms with Gasteiger partial charge in [-0.1, -0.05) is 0 Å². The van der Waals surface area contributed by atoms with E-state index < -0.39 is 0 Å². The zero-order valence-electron chi connectivity index (χ0n) is 8.44. The van der Waals surface area contributed by atoms with E-state index in [9.17, 15) is 4.79 Å². The third kappa shape index (κ3) is 3.09. The maximum absolute atomic E-state index is 11.5. The number of hydrogen-bond donors (Lipinski definition) is 1. The number of ketones is 1. The monoisotopic (exact) mass is 226 g/mol. The first-order valence-corrected chi connectivity index (χ1v) is 5.98. The van der Waals surface area contributed by atoms with Crippen molar-refractivity contribution in [3.63, 3.8) is 0 Å². The standard InChI is InChI=1S/C10H14N2O2S/c13-9(10-12-4-5-15-10)7-14-6-8-2-1-3-11-8/h4-5,8,11H,1-3,6-7H2/t8-/m0/s1. The van der Waals surface area contributed by atoms with E-state index in [1.54, 1.807) is 11.6 Å². The number of Topliss-reactive ketones (excluding diaryl/α,β-unsaturated/α-hetero) is 1. The molecule has 1 saturated heterocycles. The average Bonchev–Trinajstić information content (AvgIpc) is 2.90. The Bertz CT molecular complexity index is 307. The molecule has 5 heteroatoms. The summed E-state index contributed by atoms with van der Waals surface area (Å²) in [5.41, 5.74) is 0. The van der Waals surface area contributed by atoms with Crippen LogP contribution in [0.5, 0.6) is 0 Å². The van der Waals surface area contributed by atoms with E-state index in [1.165, 1.54) is 17.8 Å². The molecule has 2 rings (SSSR count). The Balaban J connectivity index is 1.67. The smallest absolute Gasteiger partial charge is 0.216 e. The number of thiazole rings is 1.